The summed E-state index contributed by atoms with van der Waals surface area (Å²) >= 11 is 0. The zero-order valence-corrected chi connectivity index (χ0v) is 12.5. The molecular formula is C15H29N3O. The van der Waals surface area contributed by atoms with Crippen LogP contribution in [0.5, 0.6) is 0 Å². The smallest absolute Gasteiger partial charge is 0.237 e. The minimum absolute atomic E-state index is 0.164. The number of hydrogen-bond donors (Lipinski definition) is 2. The standard InChI is InChI=1S/C15H29N3O/c1-3-5-10-18(12-6-7-12)13-8-9-15(11-13,14(16)19)17-4-2/h12-13,17H,3-11H2,1-2H3,(H2,16,19). The first-order valence-electron chi connectivity index (χ1n) is 7.93. The van der Waals surface area contributed by atoms with Gasteiger partial charge in [-0.1, -0.05) is 20.3 Å². The highest BCUT2D eigenvalue weighted by molar-refractivity contribution is 5.85. The predicted octanol–water partition coefficient (Wildman–Crippen LogP) is 1.64. The highest BCUT2D eigenvalue weighted by atomic mass is 16.1. The first-order valence-corrected chi connectivity index (χ1v) is 7.93. The van der Waals surface area contributed by atoms with Crippen molar-refractivity contribution in [3.8, 4) is 0 Å². The lowest BCUT2D eigenvalue weighted by Gasteiger charge is -2.31. The van der Waals surface area contributed by atoms with E-state index in [1.807, 2.05) is 6.92 Å². The van der Waals surface area contributed by atoms with Crippen LogP contribution in [0.25, 0.3) is 0 Å². The number of rotatable bonds is 8. The van der Waals surface area contributed by atoms with Crippen LogP contribution in [-0.4, -0.2) is 41.5 Å². The van der Waals surface area contributed by atoms with Crippen LogP contribution in [0.4, 0.5) is 0 Å². The summed E-state index contributed by atoms with van der Waals surface area (Å²) in [5, 5.41) is 3.36. The maximum Gasteiger partial charge on any atom is 0.237 e. The molecule has 0 aromatic carbocycles. The Balaban J connectivity index is 1.99. The Kier molecular flexibility index (Phi) is 4.85. The predicted molar refractivity (Wildman–Crippen MR) is 77.9 cm³/mol. The van der Waals surface area contributed by atoms with Crippen LogP contribution >= 0.6 is 0 Å². The minimum Gasteiger partial charge on any atom is -0.368 e. The molecule has 2 fully saturated rings. The van der Waals surface area contributed by atoms with E-state index >= 15 is 0 Å². The molecule has 2 atom stereocenters. The second-order valence-corrected chi connectivity index (χ2v) is 6.20. The summed E-state index contributed by atoms with van der Waals surface area (Å²) in [6.07, 6.45) is 8.08. The van der Waals surface area contributed by atoms with E-state index in [1.165, 1.54) is 32.2 Å². The third-order valence-corrected chi connectivity index (χ3v) is 4.73. The number of carbonyl (C=O) groups is 1. The van der Waals surface area contributed by atoms with Crippen LogP contribution in [0.1, 0.15) is 58.8 Å². The van der Waals surface area contributed by atoms with Gasteiger partial charge in [-0.25, -0.2) is 0 Å². The lowest BCUT2D eigenvalue weighted by Crippen LogP contribution is -2.54. The summed E-state index contributed by atoms with van der Waals surface area (Å²) in [5.74, 6) is -0.164. The van der Waals surface area contributed by atoms with Crippen molar-refractivity contribution in [2.45, 2.75) is 76.4 Å². The fourth-order valence-corrected chi connectivity index (χ4v) is 3.52. The molecule has 0 heterocycles. The van der Waals surface area contributed by atoms with Gasteiger partial charge in [0.1, 0.15) is 0 Å². The second-order valence-electron chi connectivity index (χ2n) is 6.20. The van der Waals surface area contributed by atoms with Gasteiger partial charge in [-0.15, -0.1) is 0 Å². The Morgan fingerprint density at radius 2 is 2.05 bits per heavy atom. The number of primary amides is 1. The Bertz CT molecular complexity index is 317. The molecule has 2 aliphatic carbocycles. The molecule has 2 unspecified atom stereocenters. The molecule has 110 valence electrons. The third kappa shape index (κ3) is 3.29. The normalized spacial score (nSPS) is 31.0. The summed E-state index contributed by atoms with van der Waals surface area (Å²) in [4.78, 5) is 14.5. The molecule has 3 N–H and O–H groups in total. The molecule has 4 nitrogen and oxygen atoms in total. The van der Waals surface area contributed by atoms with Gasteiger partial charge in [0.25, 0.3) is 0 Å². The number of nitrogens with two attached hydrogens (primary N) is 1. The average Bonchev–Trinajstić information content (AvgIpc) is 3.12. The van der Waals surface area contributed by atoms with Gasteiger partial charge in [-0.05, 0) is 51.6 Å². The van der Waals surface area contributed by atoms with E-state index in [-0.39, 0.29) is 5.91 Å². The SMILES string of the molecule is CCCCN(C1CC1)C1CCC(NCC)(C(N)=O)C1. The maximum atomic E-state index is 11.8. The summed E-state index contributed by atoms with van der Waals surface area (Å²) in [7, 11) is 0. The number of carbonyl (C=O) groups excluding carboxylic acids is 1. The Hall–Kier alpha value is -0.610. The van der Waals surface area contributed by atoms with Gasteiger partial charge in [0.15, 0.2) is 0 Å². The van der Waals surface area contributed by atoms with Crippen molar-refractivity contribution < 1.29 is 4.79 Å². The van der Waals surface area contributed by atoms with Crippen LogP contribution in [0, 0.1) is 0 Å². The van der Waals surface area contributed by atoms with Gasteiger partial charge in [-0.3, -0.25) is 9.69 Å². The molecule has 2 saturated carbocycles. The fourth-order valence-electron chi connectivity index (χ4n) is 3.52. The first kappa shape index (κ1) is 14.8. The topological polar surface area (TPSA) is 58.4 Å². The van der Waals surface area contributed by atoms with Crippen LogP contribution in [0.2, 0.25) is 0 Å². The van der Waals surface area contributed by atoms with E-state index in [2.05, 4.69) is 17.1 Å². The monoisotopic (exact) mass is 267 g/mol. The number of likely N-dealkylation sites (N-methyl/N-ethyl adjacent to an activating group) is 1. The van der Waals surface area contributed by atoms with E-state index in [0.29, 0.717) is 6.04 Å². The van der Waals surface area contributed by atoms with E-state index in [1.54, 1.807) is 0 Å². The molecule has 0 aliphatic heterocycles. The van der Waals surface area contributed by atoms with Crippen LogP contribution in [0.15, 0.2) is 0 Å². The molecule has 0 bridgehead atoms. The van der Waals surface area contributed by atoms with Crippen molar-refractivity contribution in [3.05, 3.63) is 0 Å². The van der Waals surface area contributed by atoms with E-state index in [4.69, 9.17) is 5.73 Å². The Morgan fingerprint density at radius 1 is 1.32 bits per heavy atom. The van der Waals surface area contributed by atoms with Gasteiger partial charge < -0.3 is 11.1 Å². The fraction of sp³-hybridized carbons (Fsp3) is 0.933. The second kappa shape index (κ2) is 6.23. The van der Waals surface area contributed by atoms with E-state index in [9.17, 15) is 4.79 Å². The summed E-state index contributed by atoms with van der Waals surface area (Å²) in [6, 6.07) is 1.33. The first-order chi connectivity index (χ1) is 9.13. The van der Waals surface area contributed by atoms with Gasteiger partial charge in [-0.2, -0.15) is 0 Å². The van der Waals surface area contributed by atoms with Crippen LogP contribution in [-0.2, 0) is 4.79 Å². The van der Waals surface area contributed by atoms with Gasteiger partial charge in [0, 0.05) is 12.1 Å². The molecular weight excluding hydrogens is 238 g/mol. The minimum atomic E-state index is -0.446. The number of hydrogen-bond acceptors (Lipinski definition) is 3. The van der Waals surface area contributed by atoms with E-state index in [0.717, 1.165) is 31.8 Å². The molecule has 0 radical (unpaired) electrons. The molecule has 4 heteroatoms. The maximum absolute atomic E-state index is 11.8. The Morgan fingerprint density at radius 3 is 2.58 bits per heavy atom. The molecule has 1 amide bonds. The van der Waals surface area contributed by atoms with Gasteiger partial charge in [0.2, 0.25) is 5.91 Å². The molecule has 0 aromatic heterocycles. The molecule has 19 heavy (non-hydrogen) atoms. The quantitative estimate of drug-likeness (QED) is 0.703. The highest BCUT2D eigenvalue weighted by Gasteiger charge is 2.47. The van der Waals surface area contributed by atoms with Crippen molar-refractivity contribution in [1.82, 2.24) is 10.2 Å². The molecule has 2 aliphatic rings. The van der Waals surface area contributed by atoms with Crippen LogP contribution in [0.3, 0.4) is 0 Å². The van der Waals surface area contributed by atoms with Crippen molar-refractivity contribution in [2.24, 2.45) is 5.73 Å². The van der Waals surface area contributed by atoms with Gasteiger partial charge >= 0.3 is 0 Å². The highest BCUT2D eigenvalue weighted by Crippen LogP contribution is 2.38. The lowest BCUT2D eigenvalue weighted by atomic mass is 9.96. The van der Waals surface area contributed by atoms with Crippen molar-refractivity contribution in [3.63, 3.8) is 0 Å². The third-order valence-electron chi connectivity index (χ3n) is 4.73. The molecule has 0 saturated heterocycles. The number of nitrogens with one attached hydrogen (secondary N) is 1. The van der Waals surface area contributed by atoms with Crippen LogP contribution < -0.4 is 11.1 Å². The summed E-state index contributed by atoms with van der Waals surface area (Å²) < 4.78 is 0. The lowest BCUT2D eigenvalue weighted by molar-refractivity contribution is -0.124. The average molecular weight is 267 g/mol. The largest absolute Gasteiger partial charge is 0.368 e. The molecule has 2 rings (SSSR count). The Labute approximate surface area is 117 Å². The number of nitrogens with zero attached hydrogens (tertiary/aromatic N) is 1. The summed E-state index contributed by atoms with van der Waals surface area (Å²) in [6.45, 7) is 6.29. The number of unbranched alkanes of at least 4 members (excludes halogenated alkanes) is 1. The van der Waals surface area contributed by atoms with Crippen molar-refractivity contribution in [1.29, 1.82) is 0 Å². The van der Waals surface area contributed by atoms with Crippen molar-refractivity contribution >= 4 is 5.91 Å². The van der Waals surface area contributed by atoms with Gasteiger partial charge in [0.05, 0.1) is 5.54 Å². The number of amides is 1. The van der Waals surface area contributed by atoms with Crippen molar-refractivity contribution in [2.75, 3.05) is 13.1 Å². The summed E-state index contributed by atoms with van der Waals surface area (Å²) in [5.41, 5.74) is 5.21. The van der Waals surface area contributed by atoms with E-state index < -0.39 is 5.54 Å². The zero-order valence-electron chi connectivity index (χ0n) is 12.5. The zero-order chi connectivity index (χ0) is 13.9. The molecule has 0 aromatic rings. The molecule has 0 spiro atoms.